The molecular weight excluding hydrogens is 282 g/mol. The maximum absolute atomic E-state index is 11.9. The topological polar surface area (TPSA) is 29.5 Å². The smallest absolute Gasteiger partial charge is 0.410 e. The van der Waals surface area contributed by atoms with Gasteiger partial charge in [-0.15, -0.1) is 0 Å². The van der Waals surface area contributed by atoms with Crippen molar-refractivity contribution in [1.29, 1.82) is 0 Å². The van der Waals surface area contributed by atoms with Crippen LogP contribution in [-0.2, 0) is 0 Å². The van der Waals surface area contributed by atoms with E-state index in [2.05, 4.69) is 15.9 Å². The number of carbonyl (C=O) groups excluding carboxylic acids is 1. The maximum Gasteiger partial charge on any atom is 0.415 e. The Morgan fingerprint density at radius 2 is 2.00 bits per heavy atom. The molecular formula is C13H16BrNO2. The lowest BCUT2D eigenvalue weighted by Crippen LogP contribution is -2.37. The van der Waals surface area contributed by atoms with Crippen LogP contribution in [0.4, 0.5) is 4.79 Å². The van der Waals surface area contributed by atoms with E-state index < -0.39 is 0 Å². The van der Waals surface area contributed by atoms with Crippen molar-refractivity contribution >= 4 is 22.0 Å². The minimum absolute atomic E-state index is 0.227. The fourth-order valence-electron chi connectivity index (χ4n) is 1.96. The number of hydrogen-bond donors (Lipinski definition) is 0. The van der Waals surface area contributed by atoms with Crippen molar-refractivity contribution < 1.29 is 9.53 Å². The van der Waals surface area contributed by atoms with E-state index in [0.29, 0.717) is 5.75 Å². The maximum atomic E-state index is 11.9. The van der Waals surface area contributed by atoms with E-state index in [1.54, 1.807) is 4.90 Å². The Morgan fingerprint density at radius 3 is 2.65 bits per heavy atom. The fraction of sp³-hybridized carbons (Fsp3) is 0.462. The van der Waals surface area contributed by atoms with Gasteiger partial charge < -0.3 is 9.64 Å². The Labute approximate surface area is 110 Å². The highest BCUT2D eigenvalue weighted by Gasteiger charge is 2.18. The van der Waals surface area contributed by atoms with E-state index in [1.807, 2.05) is 25.1 Å². The summed E-state index contributed by atoms with van der Waals surface area (Å²) in [4.78, 5) is 13.7. The number of amides is 1. The van der Waals surface area contributed by atoms with Crippen molar-refractivity contribution in [2.24, 2.45) is 0 Å². The van der Waals surface area contributed by atoms with E-state index in [0.717, 1.165) is 36.0 Å². The first-order chi connectivity index (χ1) is 8.16. The Balaban J connectivity index is 2.02. The minimum Gasteiger partial charge on any atom is -0.410 e. The molecule has 1 aliphatic heterocycles. The van der Waals surface area contributed by atoms with Gasteiger partial charge >= 0.3 is 6.09 Å². The molecule has 1 heterocycles. The number of benzene rings is 1. The molecule has 0 bridgehead atoms. The Kier molecular flexibility index (Phi) is 4.05. The van der Waals surface area contributed by atoms with Crippen molar-refractivity contribution in [3.05, 3.63) is 28.2 Å². The summed E-state index contributed by atoms with van der Waals surface area (Å²) in [7, 11) is 0. The van der Waals surface area contributed by atoms with Gasteiger partial charge in [-0.05, 0) is 49.9 Å². The quantitative estimate of drug-likeness (QED) is 0.790. The van der Waals surface area contributed by atoms with Crippen LogP contribution in [0.5, 0.6) is 5.75 Å². The largest absolute Gasteiger partial charge is 0.415 e. The lowest BCUT2D eigenvalue weighted by atomic mass is 10.1. The third-order valence-corrected chi connectivity index (χ3v) is 3.44. The van der Waals surface area contributed by atoms with Gasteiger partial charge in [-0.3, -0.25) is 0 Å². The molecule has 3 nitrogen and oxygen atoms in total. The fourth-order valence-corrected chi connectivity index (χ4v) is 2.44. The van der Waals surface area contributed by atoms with E-state index in [9.17, 15) is 4.79 Å². The summed E-state index contributed by atoms with van der Waals surface area (Å²) < 4.78 is 6.40. The number of halogens is 1. The molecule has 1 aromatic rings. The molecule has 0 aromatic heterocycles. The molecule has 1 saturated heterocycles. The van der Waals surface area contributed by atoms with Crippen LogP contribution in [-0.4, -0.2) is 24.1 Å². The van der Waals surface area contributed by atoms with Crippen molar-refractivity contribution in [1.82, 2.24) is 4.90 Å². The third-order valence-electron chi connectivity index (χ3n) is 2.95. The van der Waals surface area contributed by atoms with Gasteiger partial charge in [-0.1, -0.05) is 15.9 Å². The monoisotopic (exact) mass is 297 g/mol. The number of ether oxygens (including phenoxy) is 1. The Morgan fingerprint density at radius 1 is 1.29 bits per heavy atom. The highest BCUT2D eigenvalue weighted by atomic mass is 79.9. The molecule has 1 fully saturated rings. The highest BCUT2D eigenvalue weighted by Crippen LogP contribution is 2.23. The standard InChI is InChI=1S/C13H16BrNO2/c1-10-9-11(14)5-6-12(10)17-13(16)15-7-3-2-4-8-15/h5-6,9H,2-4,7-8H2,1H3. The number of likely N-dealkylation sites (tertiary alicyclic amines) is 1. The van der Waals surface area contributed by atoms with Crippen LogP contribution >= 0.6 is 15.9 Å². The molecule has 92 valence electrons. The minimum atomic E-state index is -0.227. The van der Waals surface area contributed by atoms with E-state index in [4.69, 9.17) is 4.74 Å². The van der Waals surface area contributed by atoms with Crippen molar-refractivity contribution in [3.8, 4) is 5.75 Å². The van der Waals surface area contributed by atoms with E-state index in [-0.39, 0.29) is 6.09 Å². The summed E-state index contributed by atoms with van der Waals surface area (Å²) in [6, 6.07) is 5.64. The van der Waals surface area contributed by atoms with Crippen molar-refractivity contribution in [2.45, 2.75) is 26.2 Å². The van der Waals surface area contributed by atoms with Crippen LogP contribution < -0.4 is 4.74 Å². The number of nitrogens with zero attached hydrogens (tertiary/aromatic N) is 1. The normalized spacial score (nSPS) is 15.8. The summed E-state index contributed by atoms with van der Waals surface area (Å²) in [6.07, 6.45) is 3.14. The summed E-state index contributed by atoms with van der Waals surface area (Å²) in [6.45, 7) is 3.56. The molecule has 0 radical (unpaired) electrons. The van der Waals surface area contributed by atoms with Gasteiger partial charge in [0.1, 0.15) is 5.75 Å². The Bertz CT molecular complexity index is 414. The molecule has 1 aromatic carbocycles. The molecule has 17 heavy (non-hydrogen) atoms. The highest BCUT2D eigenvalue weighted by molar-refractivity contribution is 9.10. The molecule has 1 aliphatic rings. The average Bonchev–Trinajstić information content (AvgIpc) is 2.34. The van der Waals surface area contributed by atoms with Gasteiger partial charge in [0.05, 0.1) is 0 Å². The average molecular weight is 298 g/mol. The molecule has 0 atom stereocenters. The van der Waals surface area contributed by atoms with Gasteiger partial charge in [-0.25, -0.2) is 4.79 Å². The van der Waals surface area contributed by atoms with Crippen LogP contribution in [0, 0.1) is 6.92 Å². The van der Waals surface area contributed by atoms with Crippen molar-refractivity contribution in [3.63, 3.8) is 0 Å². The molecule has 4 heteroatoms. The lowest BCUT2D eigenvalue weighted by molar-refractivity contribution is 0.142. The zero-order valence-electron chi connectivity index (χ0n) is 9.91. The number of piperidine rings is 1. The van der Waals surface area contributed by atoms with Crippen LogP contribution in [0.1, 0.15) is 24.8 Å². The Hall–Kier alpha value is -1.03. The molecule has 0 saturated carbocycles. The van der Waals surface area contributed by atoms with E-state index in [1.165, 1.54) is 6.42 Å². The molecule has 0 N–H and O–H groups in total. The van der Waals surface area contributed by atoms with E-state index >= 15 is 0 Å². The molecule has 0 spiro atoms. The van der Waals surface area contributed by atoms with Crippen LogP contribution in [0.15, 0.2) is 22.7 Å². The first-order valence-electron chi connectivity index (χ1n) is 5.90. The van der Waals surface area contributed by atoms with Gasteiger partial charge in [-0.2, -0.15) is 0 Å². The summed E-state index contributed by atoms with van der Waals surface area (Å²) in [5.74, 6) is 0.642. The second kappa shape index (κ2) is 5.54. The number of hydrogen-bond acceptors (Lipinski definition) is 2. The molecule has 2 rings (SSSR count). The summed E-state index contributed by atoms with van der Waals surface area (Å²) in [5.41, 5.74) is 0.963. The number of aryl methyl sites for hydroxylation is 1. The van der Waals surface area contributed by atoms with Crippen LogP contribution in [0.3, 0.4) is 0 Å². The predicted octanol–water partition coefficient (Wildman–Crippen LogP) is 3.74. The molecule has 0 unspecified atom stereocenters. The van der Waals surface area contributed by atoms with Gasteiger partial charge in [0.15, 0.2) is 0 Å². The predicted molar refractivity (Wildman–Crippen MR) is 70.3 cm³/mol. The van der Waals surface area contributed by atoms with Crippen molar-refractivity contribution in [2.75, 3.05) is 13.1 Å². The van der Waals surface area contributed by atoms with Gasteiger partial charge in [0.2, 0.25) is 0 Å². The first-order valence-corrected chi connectivity index (χ1v) is 6.69. The summed E-state index contributed by atoms with van der Waals surface area (Å²) in [5, 5.41) is 0. The van der Waals surface area contributed by atoms with Crippen LogP contribution in [0.2, 0.25) is 0 Å². The second-order valence-electron chi connectivity index (χ2n) is 4.33. The number of rotatable bonds is 1. The second-order valence-corrected chi connectivity index (χ2v) is 5.24. The number of carbonyl (C=O) groups is 1. The molecule has 0 aliphatic carbocycles. The zero-order valence-corrected chi connectivity index (χ0v) is 11.5. The zero-order chi connectivity index (χ0) is 12.3. The molecule has 1 amide bonds. The van der Waals surface area contributed by atoms with Gasteiger partial charge in [0, 0.05) is 17.6 Å². The van der Waals surface area contributed by atoms with Crippen LogP contribution in [0.25, 0.3) is 0 Å². The summed E-state index contributed by atoms with van der Waals surface area (Å²) >= 11 is 3.39. The third kappa shape index (κ3) is 3.22. The first kappa shape index (κ1) is 12.4. The SMILES string of the molecule is Cc1cc(Br)ccc1OC(=O)N1CCCCC1. The lowest BCUT2D eigenvalue weighted by Gasteiger charge is -2.25. The van der Waals surface area contributed by atoms with Gasteiger partial charge in [0.25, 0.3) is 0 Å².